The van der Waals surface area contributed by atoms with Crippen molar-refractivity contribution in [3.63, 3.8) is 0 Å². The van der Waals surface area contributed by atoms with E-state index in [4.69, 9.17) is 4.74 Å². The summed E-state index contributed by atoms with van der Waals surface area (Å²) in [5.41, 5.74) is 0.892. The lowest BCUT2D eigenvalue weighted by Gasteiger charge is -2.27. The molecule has 0 spiro atoms. The molecule has 2 saturated heterocycles. The number of anilines is 2. The summed E-state index contributed by atoms with van der Waals surface area (Å²) in [5.74, 6) is -0.933. The normalized spacial score (nSPS) is 17.4. The summed E-state index contributed by atoms with van der Waals surface area (Å²) < 4.78 is 62.9. The van der Waals surface area contributed by atoms with E-state index in [0.717, 1.165) is 25.9 Å². The number of hydrogen-bond acceptors (Lipinski definition) is 6. The van der Waals surface area contributed by atoms with Crippen LogP contribution in [0.1, 0.15) is 23.2 Å². The predicted molar refractivity (Wildman–Crippen MR) is 118 cm³/mol. The van der Waals surface area contributed by atoms with Gasteiger partial charge in [-0.05, 0) is 43.2 Å². The molecule has 2 aromatic rings. The highest BCUT2D eigenvalue weighted by Crippen LogP contribution is 2.33. The number of ether oxygens (including phenoxy) is 2. The van der Waals surface area contributed by atoms with Gasteiger partial charge in [-0.2, -0.15) is 13.1 Å². The number of carbonyl (C=O) groups excluding carboxylic acids is 1. The number of halogens is 2. The zero-order valence-corrected chi connectivity index (χ0v) is 18.7. The first-order valence-electron chi connectivity index (χ1n) is 10.7. The third kappa shape index (κ3) is 5.26. The van der Waals surface area contributed by atoms with E-state index >= 15 is 0 Å². The molecular formula is C22H25F2N3O5S. The molecule has 0 aromatic heterocycles. The number of nitrogens with zero attached hydrogens (tertiary/aromatic N) is 2. The third-order valence-electron chi connectivity index (χ3n) is 5.62. The maximum absolute atomic E-state index is 13.1. The van der Waals surface area contributed by atoms with Crippen molar-refractivity contribution in [1.29, 1.82) is 0 Å². The first-order chi connectivity index (χ1) is 15.9. The van der Waals surface area contributed by atoms with Crippen LogP contribution in [0.15, 0.2) is 47.4 Å². The molecule has 1 amide bonds. The zero-order chi connectivity index (χ0) is 23.4. The summed E-state index contributed by atoms with van der Waals surface area (Å²) in [6, 6.07) is 10.3. The summed E-state index contributed by atoms with van der Waals surface area (Å²) in [6.07, 6.45) is 1.96. The minimum absolute atomic E-state index is 0.0414. The predicted octanol–water partition coefficient (Wildman–Crippen LogP) is 3.16. The maximum Gasteiger partial charge on any atom is 0.387 e. The molecule has 2 aliphatic rings. The highest BCUT2D eigenvalue weighted by Gasteiger charge is 2.28. The Morgan fingerprint density at radius 2 is 1.73 bits per heavy atom. The second-order valence-electron chi connectivity index (χ2n) is 7.72. The molecule has 0 unspecified atom stereocenters. The summed E-state index contributed by atoms with van der Waals surface area (Å²) in [7, 11) is -3.79. The molecule has 0 radical (unpaired) electrons. The first-order valence-corrected chi connectivity index (χ1v) is 12.1. The number of para-hydroxylation sites is 1. The molecule has 0 aliphatic carbocycles. The number of amides is 1. The fourth-order valence-electron chi connectivity index (χ4n) is 3.99. The fourth-order valence-corrected chi connectivity index (χ4v) is 5.42. The van der Waals surface area contributed by atoms with Crippen LogP contribution >= 0.6 is 0 Å². The van der Waals surface area contributed by atoms with Crippen molar-refractivity contribution in [3.8, 4) is 5.75 Å². The molecule has 8 nitrogen and oxygen atoms in total. The van der Waals surface area contributed by atoms with E-state index in [9.17, 15) is 22.0 Å². The summed E-state index contributed by atoms with van der Waals surface area (Å²) in [5, 5.41) is 2.72. The molecule has 11 heteroatoms. The summed E-state index contributed by atoms with van der Waals surface area (Å²) in [6.45, 7) is -0.425. The van der Waals surface area contributed by atoms with E-state index in [1.165, 1.54) is 40.7 Å². The van der Waals surface area contributed by atoms with Crippen LogP contribution in [0.3, 0.4) is 0 Å². The Kier molecular flexibility index (Phi) is 7.11. The van der Waals surface area contributed by atoms with Crippen LogP contribution in [-0.4, -0.2) is 64.6 Å². The lowest BCUT2D eigenvalue weighted by molar-refractivity contribution is -0.0501. The number of sulfonamides is 1. The Morgan fingerprint density at radius 1 is 1.03 bits per heavy atom. The highest BCUT2D eigenvalue weighted by atomic mass is 32.2. The van der Waals surface area contributed by atoms with Gasteiger partial charge in [-0.1, -0.05) is 12.1 Å². The van der Waals surface area contributed by atoms with Gasteiger partial charge in [-0.25, -0.2) is 8.42 Å². The van der Waals surface area contributed by atoms with Crippen LogP contribution in [0.25, 0.3) is 0 Å². The molecule has 2 aromatic carbocycles. The van der Waals surface area contributed by atoms with E-state index in [1.807, 2.05) is 0 Å². The second kappa shape index (κ2) is 10.0. The Hall–Kier alpha value is -2.76. The molecule has 0 bridgehead atoms. The van der Waals surface area contributed by atoms with Gasteiger partial charge in [0.1, 0.15) is 5.75 Å². The van der Waals surface area contributed by atoms with Crippen LogP contribution in [0, 0.1) is 0 Å². The summed E-state index contributed by atoms with van der Waals surface area (Å²) in [4.78, 5) is 15.1. The molecule has 1 N–H and O–H groups in total. The Balaban J connectivity index is 1.68. The fraction of sp³-hybridized carbons (Fsp3) is 0.409. The minimum Gasteiger partial charge on any atom is -0.434 e. The van der Waals surface area contributed by atoms with Crippen molar-refractivity contribution in [2.45, 2.75) is 24.3 Å². The molecule has 0 saturated carbocycles. The van der Waals surface area contributed by atoms with Crippen LogP contribution < -0.4 is 15.0 Å². The zero-order valence-electron chi connectivity index (χ0n) is 17.9. The minimum atomic E-state index is -3.79. The van der Waals surface area contributed by atoms with Crippen molar-refractivity contribution in [3.05, 3.63) is 48.0 Å². The van der Waals surface area contributed by atoms with Crippen molar-refractivity contribution < 1.29 is 31.5 Å². The van der Waals surface area contributed by atoms with Gasteiger partial charge in [-0.15, -0.1) is 0 Å². The lowest BCUT2D eigenvalue weighted by Crippen LogP contribution is -2.40. The van der Waals surface area contributed by atoms with Crippen LogP contribution in [-0.2, 0) is 14.8 Å². The van der Waals surface area contributed by atoms with Crippen LogP contribution in [0.5, 0.6) is 5.75 Å². The maximum atomic E-state index is 13.1. The van der Waals surface area contributed by atoms with Crippen molar-refractivity contribution in [2.75, 3.05) is 49.6 Å². The summed E-state index contributed by atoms with van der Waals surface area (Å²) >= 11 is 0. The van der Waals surface area contributed by atoms with Crippen LogP contribution in [0.4, 0.5) is 20.2 Å². The average molecular weight is 482 g/mol. The number of alkyl halides is 2. The van der Waals surface area contributed by atoms with E-state index in [-0.39, 0.29) is 29.3 Å². The number of morpholine rings is 1. The quantitative estimate of drug-likeness (QED) is 0.654. The monoisotopic (exact) mass is 481 g/mol. The van der Waals surface area contributed by atoms with Gasteiger partial charge in [0.25, 0.3) is 5.91 Å². The van der Waals surface area contributed by atoms with Gasteiger partial charge in [0.15, 0.2) is 0 Å². The van der Waals surface area contributed by atoms with Crippen molar-refractivity contribution in [2.24, 2.45) is 0 Å². The molecule has 33 heavy (non-hydrogen) atoms. The number of nitrogens with one attached hydrogen (secondary N) is 1. The Bertz CT molecular complexity index is 1100. The molecule has 2 aliphatic heterocycles. The van der Waals surface area contributed by atoms with Gasteiger partial charge in [-0.3, -0.25) is 4.79 Å². The van der Waals surface area contributed by atoms with Crippen molar-refractivity contribution in [1.82, 2.24) is 4.31 Å². The van der Waals surface area contributed by atoms with E-state index in [0.29, 0.717) is 24.6 Å². The SMILES string of the molecule is O=C(Nc1cc(S(=O)(=O)N2CCOCC2)ccc1N1CCCC1)c1ccccc1OC(F)F. The standard InChI is InChI=1S/C22H25F2N3O5S/c23-22(24)32-20-6-2-1-5-17(20)21(28)25-18-15-16(7-8-19(18)26-9-3-4-10-26)33(29,30)27-11-13-31-14-12-27/h1-2,5-8,15,22H,3-4,9-14H2,(H,25,28). The molecule has 4 rings (SSSR count). The lowest BCUT2D eigenvalue weighted by atomic mass is 10.1. The second-order valence-corrected chi connectivity index (χ2v) is 9.66. The number of rotatable bonds is 7. The molecular weight excluding hydrogens is 456 g/mol. The van der Waals surface area contributed by atoms with Gasteiger partial charge < -0.3 is 19.7 Å². The van der Waals surface area contributed by atoms with Gasteiger partial charge in [0.2, 0.25) is 10.0 Å². The Morgan fingerprint density at radius 3 is 2.42 bits per heavy atom. The molecule has 2 fully saturated rings. The average Bonchev–Trinajstić information content (AvgIpc) is 3.34. The van der Waals surface area contributed by atoms with E-state index < -0.39 is 22.5 Å². The largest absolute Gasteiger partial charge is 0.434 e. The molecule has 0 atom stereocenters. The number of benzene rings is 2. The topological polar surface area (TPSA) is 88.2 Å². The highest BCUT2D eigenvalue weighted by molar-refractivity contribution is 7.89. The first kappa shape index (κ1) is 23.4. The molecule has 178 valence electrons. The van der Waals surface area contributed by atoms with Gasteiger partial charge in [0, 0.05) is 26.2 Å². The number of hydrogen-bond donors (Lipinski definition) is 1. The van der Waals surface area contributed by atoms with Gasteiger partial charge >= 0.3 is 6.61 Å². The van der Waals surface area contributed by atoms with Crippen molar-refractivity contribution >= 4 is 27.3 Å². The smallest absolute Gasteiger partial charge is 0.387 e. The Labute approximate surface area is 191 Å². The van der Waals surface area contributed by atoms with Gasteiger partial charge in [0.05, 0.1) is 35.0 Å². The number of carbonyl (C=O) groups is 1. The van der Waals surface area contributed by atoms with Crippen LogP contribution in [0.2, 0.25) is 0 Å². The molecule has 2 heterocycles. The van der Waals surface area contributed by atoms with E-state index in [2.05, 4.69) is 15.0 Å². The third-order valence-corrected chi connectivity index (χ3v) is 7.51. The van der Waals surface area contributed by atoms with E-state index in [1.54, 1.807) is 6.07 Å².